The number of hydrogen-bond acceptors (Lipinski definition) is 5. The number of carbonyl (C=O) groups excluding carboxylic acids is 1. The third-order valence-electron chi connectivity index (χ3n) is 7.29. The highest BCUT2D eigenvalue weighted by Crippen LogP contribution is 2.48. The lowest BCUT2D eigenvalue weighted by Gasteiger charge is -2.31. The molecule has 12 heteroatoms. The molecule has 0 spiro atoms. The largest absolute Gasteiger partial charge is 0.418 e. The highest BCUT2D eigenvalue weighted by molar-refractivity contribution is 7.99. The van der Waals surface area contributed by atoms with Gasteiger partial charge >= 0.3 is 12.4 Å². The number of benzene rings is 2. The minimum atomic E-state index is -5.32. The minimum Gasteiger partial charge on any atom is -0.396 e. The first-order valence-corrected chi connectivity index (χ1v) is 14.3. The van der Waals surface area contributed by atoms with Crippen LogP contribution in [0.15, 0.2) is 52.3 Å². The molecule has 2 fully saturated rings. The molecule has 2 aliphatic heterocycles. The Morgan fingerprint density at radius 3 is 2.32 bits per heavy atom. The summed E-state index contributed by atoms with van der Waals surface area (Å²) in [6, 6.07) is 8.68. The summed E-state index contributed by atoms with van der Waals surface area (Å²) in [4.78, 5) is 13.9. The molecule has 4 rings (SSSR count). The Labute approximate surface area is 238 Å². The first kappa shape index (κ1) is 31.2. The maximum Gasteiger partial charge on any atom is 0.418 e. The van der Waals surface area contributed by atoms with Gasteiger partial charge < -0.3 is 20.1 Å². The van der Waals surface area contributed by atoms with E-state index in [1.807, 2.05) is 0 Å². The quantitative estimate of drug-likeness (QED) is 0.249. The van der Waals surface area contributed by atoms with Gasteiger partial charge in [0.05, 0.1) is 11.1 Å². The van der Waals surface area contributed by atoms with Crippen LogP contribution in [0.1, 0.15) is 48.8 Å². The molecule has 0 aliphatic carbocycles. The van der Waals surface area contributed by atoms with Crippen molar-refractivity contribution in [3.05, 3.63) is 59.2 Å². The summed E-state index contributed by atoms with van der Waals surface area (Å²) in [5, 5.41) is 12.4. The van der Waals surface area contributed by atoms with E-state index in [1.54, 1.807) is 24.3 Å². The Morgan fingerprint density at radius 2 is 1.68 bits per heavy atom. The zero-order valence-corrected chi connectivity index (χ0v) is 23.0. The molecule has 0 bridgehead atoms. The number of carbonyl (C=O) groups is 1. The van der Waals surface area contributed by atoms with Crippen LogP contribution in [0.3, 0.4) is 0 Å². The van der Waals surface area contributed by atoms with Crippen LogP contribution in [0.4, 0.5) is 32.0 Å². The number of likely N-dealkylation sites (tertiary alicyclic amines) is 1. The van der Waals surface area contributed by atoms with Crippen LogP contribution < -0.4 is 5.32 Å². The van der Waals surface area contributed by atoms with Crippen molar-refractivity contribution >= 4 is 29.4 Å². The number of nitrogens with zero attached hydrogens (tertiary/aromatic N) is 1. The summed E-state index contributed by atoms with van der Waals surface area (Å²) in [5.74, 6) is -0.316. The number of hydrogen-bond donors (Lipinski definition) is 2. The molecule has 1 amide bonds. The number of rotatable bonds is 8. The smallest absolute Gasteiger partial charge is 0.396 e. The van der Waals surface area contributed by atoms with Crippen molar-refractivity contribution in [2.75, 3.05) is 38.2 Å². The molecule has 0 radical (unpaired) electrons. The molecule has 0 saturated carbocycles. The lowest BCUT2D eigenvalue weighted by atomic mass is 9.94. The maximum absolute atomic E-state index is 14.2. The summed E-state index contributed by atoms with van der Waals surface area (Å²) in [5.41, 5.74) is -3.67. The second kappa shape index (κ2) is 13.5. The first-order valence-electron chi connectivity index (χ1n) is 13.5. The number of aliphatic hydroxyl groups is 1. The SMILES string of the molecule is O=C(/C=C/c1ccc(Sc2cccc(NC3CCOCC3)c2)c(C(F)(F)F)c1C(F)(F)F)N1CCC(CCO)CC1. The van der Waals surface area contributed by atoms with E-state index < -0.39 is 39.8 Å². The number of anilines is 1. The first-order chi connectivity index (χ1) is 19.5. The summed E-state index contributed by atoms with van der Waals surface area (Å²) in [6.45, 7) is 1.96. The fourth-order valence-electron chi connectivity index (χ4n) is 5.16. The fraction of sp³-hybridized carbons (Fsp3) is 0.483. The van der Waals surface area contributed by atoms with Gasteiger partial charge in [0.15, 0.2) is 0 Å². The van der Waals surface area contributed by atoms with Crippen molar-refractivity contribution in [2.24, 2.45) is 5.92 Å². The van der Waals surface area contributed by atoms with Crippen LogP contribution in [0.2, 0.25) is 0 Å². The van der Waals surface area contributed by atoms with E-state index in [4.69, 9.17) is 9.84 Å². The number of aliphatic hydroxyl groups excluding tert-OH is 1. The normalized spacial score (nSPS) is 17.8. The maximum atomic E-state index is 14.2. The molecule has 2 N–H and O–H groups in total. The second-order valence-corrected chi connectivity index (χ2v) is 11.3. The predicted molar refractivity (Wildman–Crippen MR) is 145 cm³/mol. The van der Waals surface area contributed by atoms with Gasteiger partial charge in [-0.2, -0.15) is 26.3 Å². The zero-order valence-electron chi connectivity index (χ0n) is 22.2. The summed E-state index contributed by atoms with van der Waals surface area (Å²) < 4.78 is 90.7. The van der Waals surface area contributed by atoms with Gasteiger partial charge in [0.2, 0.25) is 5.91 Å². The number of ether oxygens (including phenoxy) is 1. The molecular formula is C29H32F6N2O3S. The topological polar surface area (TPSA) is 61.8 Å². The third-order valence-corrected chi connectivity index (χ3v) is 8.34. The summed E-state index contributed by atoms with van der Waals surface area (Å²) in [6.07, 6.45) is -5.48. The van der Waals surface area contributed by atoms with E-state index in [0.717, 1.165) is 37.1 Å². The van der Waals surface area contributed by atoms with Crippen molar-refractivity contribution < 1.29 is 41.0 Å². The van der Waals surface area contributed by atoms with Gasteiger partial charge in [-0.1, -0.05) is 23.9 Å². The van der Waals surface area contributed by atoms with Crippen molar-refractivity contribution in [3.8, 4) is 0 Å². The number of amides is 1. The van der Waals surface area contributed by atoms with Crippen LogP contribution in [0.25, 0.3) is 6.08 Å². The number of halogens is 6. The lowest BCUT2D eigenvalue weighted by molar-refractivity contribution is -0.163. The van der Waals surface area contributed by atoms with Crippen molar-refractivity contribution in [1.82, 2.24) is 4.90 Å². The van der Waals surface area contributed by atoms with E-state index in [9.17, 15) is 31.1 Å². The molecule has 0 unspecified atom stereocenters. The van der Waals surface area contributed by atoms with Gasteiger partial charge in [0.25, 0.3) is 0 Å². The minimum absolute atomic E-state index is 0.0349. The molecule has 41 heavy (non-hydrogen) atoms. The number of piperidine rings is 1. The van der Waals surface area contributed by atoms with Crippen molar-refractivity contribution in [1.29, 1.82) is 0 Å². The molecule has 2 aromatic carbocycles. The van der Waals surface area contributed by atoms with E-state index in [2.05, 4.69) is 5.32 Å². The van der Waals surface area contributed by atoms with Crippen molar-refractivity contribution in [3.63, 3.8) is 0 Å². The van der Waals surface area contributed by atoms with Gasteiger partial charge in [-0.15, -0.1) is 0 Å². The van der Waals surface area contributed by atoms with Crippen LogP contribution in [0.5, 0.6) is 0 Å². The van der Waals surface area contributed by atoms with Gasteiger partial charge in [-0.05, 0) is 73.9 Å². The van der Waals surface area contributed by atoms with E-state index in [0.29, 0.717) is 67.9 Å². The Kier molecular flexibility index (Phi) is 10.3. The van der Waals surface area contributed by atoms with Crippen LogP contribution in [-0.2, 0) is 21.9 Å². The number of alkyl halides is 6. The molecule has 0 aromatic heterocycles. The Bertz CT molecular complexity index is 1220. The zero-order chi connectivity index (χ0) is 29.6. The van der Waals surface area contributed by atoms with E-state index in [1.165, 1.54) is 4.90 Å². The summed E-state index contributed by atoms with van der Waals surface area (Å²) >= 11 is 0.606. The molecule has 2 heterocycles. The van der Waals surface area contributed by atoms with Gasteiger partial charge in [0, 0.05) is 60.5 Å². The molecule has 0 atom stereocenters. The molecule has 2 aliphatic rings. The van der Waals surface area contributed by atoms with E-state index >= 15 is 0 Å². The second-order valence-electron chi connectivity index (χ2n) is 10.2. The Morgan fingerprint density at radius 1 is 1.00 bits per heavy atom. The van der Waals surface area contributed by atoms with Crippen LogP contribution in [-0.4, -0.2) is 54.9 Å². The van der Waals surface area contributed by atoms with Crippen LogP contribution in [0, 0.1) is 5.92 Å². The van der Waals surface area contributed by atoms with Crippen LogP contribution >= 0.6 is 11.8 Å². The van der Waals surface area contributed by atoms with Crippen molar-refractivity contribution in [2.45, 2.75) is 60.3 Å². The third kappa shape index (κ3) is 8.42. The molecule has 5 nitrogen and oxygen atoms in total. The van der Waals surface area contributed by atoms with E-state index in [-0.39, 0.29) is 18.6 Å². The highest BCUT2D eigenvalue weighted by atomic mass is 32.2. The average molecular weight is 603 g/mol. The number of nitrogens with one attached hydrogen (secondary N) is 1. The molecule has 2 aromatic rings. The molecule has 224 valence electrons. The standard InChI is InChI=1S/C29H32F6N2O3S/c30-28(31,32)26-20(5-7-25(39)37-13-8-19(9-14-37)10-15-38)4-6-24(27(26)29(33,34)35)41-23-3-1-2-22(18-23)36-21-11-16-40-17-12-21/h1-7,18-19,21,36,38H,8-17H2/b7-5+. The lowest BCUT2D eigenvalue weighted by Crippen LogP contribution is -2.37. The van der Waals surface area contributed by atoms with Gasteiger partial charge in [-0.3, -0.25) is 4.79 Å². The Balaban J connectivity index is 1.60. The van der Waals surface area contributed by atoms with Gasteiger partial charge in [-0.25, -0.2) is 0 Å². The van der Waals surface area contributed by atoms with Gasteiger partial charge in [0.1, 0.15) is 0 Å². The monoisotopic (exact) mass is 602 g/mol. The molecular weight excluding hydrogens is 570 g/mol. The predicted octanol–water partition coefficient (Wildman–Crippen LogP) is 7.10. The average Bonchev–Trinajstić information content (AvgIpc) is 2.92. The summed E-state index contributed by atoms with van der Waals surface area (Å²) in [7, 11) is 0. The highest BCUT2D eigenvalue weighted by Gasteiger charge is 2.46. The fourth-order valence-corrected chi connectivity index (χ4v) is 6.20. The molecule has 2 saturated heterocycles. The Hall–Kier alpha value is -2.70.